The zero-order valence-corrected chi connectivity index (χ0v) is 15.2. The Morgan fingerprint density at radius 1 is 1.33 bits per heavy atom. The minimum absolute atomic E-state index is 0.00444. The summed E-state index contributed by atoms with van der Waals surface area (Å²) >= 11 is 7.56. The van der Waals surface area contributed by atoms with Gasteiger partial charge in [0.05, 0.1) is 17.1 Å². The van der Waals surface area contributed by atoms with Crippen LogP contribution in [0.25, 0.3) is 11.0 Å². The number of fused-ring (bicyclic) bond motifs is 5. The summed E-state index contributed by atoms with van der Waals surface area (Å²) in [5, 5.41) is 8.27. The lowest BCUT2D eigenvalue weighted by molar-refractivity contribution is -0.146. The van der Waals surface area contributed by atoms with E-state index in [1.807, 2.05) is 0 Å². The van der Waals surface area contributed by atoms with Gasteiger partial charge < -0.3 is 9.42 Å². The molecule has 5 rings (SSSR count). The number of nitrogens with zero attached hydrogens (tertiary/aromatic N) is 2. The van der Waals surface area contributed by atoms with Gasteiger partial charge in [-0.1, -0.05) is 16.8 Å². The largest absolute Gasteiger partial charge is 0.363 e. The highest BCUT2D eigenvalue weighted by Gasteiger charge is 2.60. The Bertz CT molecular complexity index is 1020. The number of imide groups is 2. The molecule has 0 aliphatic carbocycles. The fourth-order valence-electron chi connectivity index (χ4n) is 4.22. The van der Waals surface area contributed by atoms with Crippen LogP contribution in [0.4, 0.5) is 14.9 Å². The number of rotatable bonds is 0. The summed E-state index contributed by atoms with van der Waals surface area (Å²) < 4.78 is 20.3. The average molecular weight is 411 g/mol. The van der Waals surface area contributed by atoms with E-state index in [1.54, 1.807) is 22.7 Å². The third-order valence-electron chi connectivity index (χ3n) is 5.43. The second kappa shape index (κ2) is 5.59. The lowest BCUT2D eigenvalue weighted by Gasteiger charge is -2.51. The minimum atomic E-state index is -1.53. The molecule has 2 N–H and O–H groups in total. The molecule has 4 heterocycles. The molecule has 2 fully saturated rings. The standard InChI is InChI=1S/C16H12ClFN4O4S/c17-12-7-3-6-4-16(13(23)19-15(25)20-14(16)24)8-5-27-2-1-22(8)10(6)9(18)11(7)26-21-12/h3,8H,1-2,4-5H2,(H2,19,20,23,24,25). The molecular weight excluding hydrogens is 399 g/mol. The molecule has 3 aliphatic heterocycles. The number of thioether (sulfide) groups is 1. The van der Waals surface area contributed by atoms with Crippen LogP contribution < -0.4 is 15.5 Å². The molecule has 1 aromatic heterocycles. The van der Waals surface area contributed by atoms with E-state index in [4.69, 9.17) is 16.1 Å². The molecule has 3 aliphatic rings. The van der Waals surface area contributed by atoms with Crippen molar-refractivity contribution >= 4 is 57.9 Å². The van der Waals surface area contributed by atoms with Crippen molar-refractivity contribution < 1.29 is 23.3 Å². The maximum Gasteiger partial charge on any atom is 0.328 e. The second-order valence-electron chi connectivity index (χ2n) is 6.72. The highest BCUT2D eigenvalue weighted by molar-refractivity contribution is 7.99. The zero-order valence-electron chi connectivity index (χ0n) is 13.7. The zero-order chi connectivity index (χ0) is 18.9. The van der Waals surface area contributed by atoms with E-state index in [2.05, 4.69) is 15.8 Å². The molecule has 11 heteroatoms. The van der Waals surface area contributed by atoms with Crippen LogP contribution in [0.5, 0.6) is 0 Å². The van der Waals surface area contributed by atoms with Gasteiger partial charge in [0.15, 0.2) is 16.4 Å². The molecule has 0 radical (unpaired) electrons. The fourth-order valence-corrected chi connectivity index (χ4v) is 5.58. The second-order valence-corrected chi connectivity index (χ2v) is 8.23. The number of aromatic nitrogens is 1. The number of anilines is 1. The van der Waals surface area contributed by atoms with E-state index in [0.29, 0.717) is 29.3 Å². The van der Waals surface area contributed by atoms with Crippen molar-refractivity contribution in [1.29, 1.82) is 0 Å². The summed E-state index contributed by atoms with van der Waals surface area (Å²) in [4.78, 5) is 39.0. The first kappa shape index (κ1) is 16.8. The van der Waals surface area contributed by atoms with Crippen LogP contribution in [-0.4, -0.2) is 47.1 Å². The topological polar surface area (TPSA) is 105 Å². The van der Waals surface area contributed by atoms with Crippen LogP contribution in [0.15, 0.2) is 10.6 Å². The van der Waals surface area contributed by atoms with Crippen molar-refractivity contribution in [2.45, 2.75) is 12.5 Å². The van der Waals surface area contributed by atoms with Gasteiger partial charge in [-0.15, -0.1) is 0 Å². The number of carbonyl (C=O) groups excluding carboxylic acids is 3. The summed E-state index contributed by atoms with van der Waals surface area (Å²) in [7, 11) is 0. The summed E-state index contributed by atoms with van der Waals surface area (Å²) in [6.45, 7) is 0.447. The van der Waals surface area contributed by atoms with E-state index in [9.17, 15) is 14.4 Å². The monoisotopic (exact) mass is 410 g/mol. The van der Waals surface area contributed by atoms with Crippen molar-refractivity contribution in [2.24, 2.45) is 5.41 Å². The van der Waals surface area contributed by atoms with Gasteiger partial charge in [-0.3, -0.25) is 20.2 Å². The summed E-state index contributed by atoms with van der Waals surface area (Å²) in [6, 6.07) is 0.158. The molecule has 8 nitrogen and oxygen atoms in total. The summed E-state index contributed by atoms with van der Waals surface area (Å²) in [5.41, 5.74) is -0.839. The number of benzene rings is 1. The van der Waals surface area contributed by atoms with E-state index < -0.39 is 35.1 Å². The predicted molar refractivity (Wildman–Crippen MR) is 95.3 cm³/mol. The number of barbiturate groups is 1. The van der Waals surface area contributed by atoms with Gasteiger partial charge in [0.1, 0.15) is 0 Å². The smallest absolute Gasteiger partial charge is 0.328 e. The average Bonchev–Trinajstić information content (AvgIpc) is 3.00. The van der Waals surface area contributed by atoms with Crippen LogP contribution in [0.1, 0.15) is 5.56 Å². The normalized spacial score (nSPS) is 23.9. The molecule has 27 heavy (non-hydrogen) atoms. The number of halogens is 2. The Kier molecular flexibility index (Phi) is 3.48. The van der Waals surface area contributed by atoms with Gasteiger partial charge >= 0.3 is 6.03 Å². The van der Waals surface area contributed by atoms with Crippen molar-refractivity contribution in [2.75, 3.05) is 23.0 Å². The van der Waals surface area contributed by atoms with Crippen LogP contribution >= 0.6 is 23.4 Å². The van der Waals surface area contributed by atoms with Gasteiger partial charge in [-0.2, -0.15) is 11.8 Å². The minimum Gasteiger partial charge on any atom is -0.363 e. The van der Waals surface area contributed by atoms with Crippen LogP contribution in [0.2, 0.25) is 5.15 Å². The van der Waals surface area contributed by atoms with Gasteiger partial charge in [0.2, 0.25) is 17.4 Å². The molecular formula is C16H12ClFN4O4S. The van der Waals surface area contributed by atoms with Gasteiger partial charge in [-0.05, 0) is 18.1 Å². The number of hydrogen-bond donors (Lipinski definition) is 2. The first-order chi connectivity index (χ1) is 12.9. The number of urea groups is 1. The molecule has 4 amide bonds. The predicted octanol–water partition coefficient (Wildman–Crippen LogP) is 1.45. The number of nitrogens with one attached hydrogen (secondary N) is 2. The summed E-state index contributed by atoms with van der Waals surface area (Å²) in [5.74, 6) is -0.791. The molecule has 140 valence electrons. The van der Waals surface area contributed by atoms with Crippen LogP contribution in [0.3, 0.4) is 0 Å². The van der Waals surface area contributed by atoms with Crippen molar-refractivity contribution in [3.8, 4) is 0 Å². The molecule has 1 aromatic carbocycles. The van der Waals surface area contributed by atoms with Crippen LogP contribution in [-0.2, 0) is 16.0 Å². The third-order valence-corrected chi connectivity index (χ3v) is 6.73. The van der Waals surface area contributed by atoms with E-state index in [1.165, 1.54) is 0 Å². The SMILES string of the molecule is O=C1NC(=O)C2(Cc3cc4c(Cl)noc4c(F)c3N3CCSCC32)C(=O)N1. The Hall–Kier alpha value is -2.33. The Balaban J connectivity index is 1.77. The van der Waals surface area contributed by atoms with Crippen LogP contribution in [0, 0.1) is 11.2 Å². The first-order valence-electron chi connectivity index (χ1n) is 8.21. The van der Waals surface area contributed by atoms with E-state index in [-0.39, 0.29) is 22.5 Å². The molecule has 2 saturated heterocycles. The molecule has 2 aromatic rings. The highest BCUT2D eigenvalue weighted by atomic mass is 35.5. The van der Waals surface area contributed by atoms with Gasteiger partial charge in [0.25, 0.3) is 0 Å². The lowest BCUT2D eigenvalue weighted by atomic mass is 9.69. The molecule has 1 spiro atoms. The Morgan fingerprint density at radius 2 is 2.07 bits per heavy atom. The van der Waals surface area contributed by atoms with Gasteiger partial charge in [0, 0.05) is 18.1 Å². The molecule has 0 bridgehead atoms. The maximum atomic E-state index is 15.3. The van der Waals surface area contributed by atoms with Crippen molar-refractivity contribution in [1.82, 2.24) is 15.8 Å². The summed E-state index contributed by atoms with van der Waals surface area (Å²) in [6.07, 6.45) is -0.0522. The van der Waals surface area contributed by atoms with Crippen molar-refractivity contribution in [3.63, 3.8) is 0 Å². The van der Waals surface area contributed by atoms with E-state index in [0.717, 1.165) is 0 Å². The van der Waals surface area contributed by atoms with Crippen molar-refractivity contribution in [3.05, 3.63) is 22.6 Å². The molecule has 1 atom stereocenters. The lowest BCUT2D eigenvalue weighted by Crippen LogP contribution is -2.72. The highest BCUT2D eigenvalue weighted by Crippen LogP contribution is 2.48. The quantitative estimate of drug-likeness (QED) is 0.633. The number of carbonyl (C=O) groups is 3. The number of hydrogen-bond acceptors (Lipinski definition) is 7. The third kappa shape index (κ3) is 2.10. The fraction of sp³-hybridized carbons (Fsp3) is 0.375. The maximum absolute atomic E-state index is 15.3. The molecule has 0 saturated carbocycles. The Labute approximate surface area is 160 Å². The molecule has 1 unspecified atom stereocenters. The Morgan fingerprint density at radius 3 is 2.81 bits per heavy atom. The number of amides is 4. The van der Waals surface area contributed by atoms with E-state index >= 15 is 4.39 Å². The first-order valence-corrected chi connectivity index (χ1v) is 9.74. The van der Waals surface area contributed by atoms with Gasteiger partial charge in [-0.25, -0.2) is 9.18 Å².